The maximum Gasteiger partial charge on any atom is 0.251 e. The third kappa shape index (κ3) is 6.71. The zero-order valence-electron chi connectivity index (χ0n) is 11.2. The molecule has 0 saturated heterocycles. The van der Waals surface area contributed by atoms with Gasteiger partial charge in [0, 0.05) is 23.2 Å². The summed E-state index contributed by atoms with van der Waals surface area (Å²) in [4.78, 5) is 11.8. The Morgan fingerprint density at radius 3 is 2.53 bits per heavy atom. The molecular weight excluding hydrogens is 310 g/mol. The predicted molar refractivity (Wildman–Crippen MR) is 78.1 cm³/mol. The molecule has 1 aromatic rings. The summed E-state index contributed by atoms with van der Waals surface area (Å²) in [6.45, 7) is 5.12. The fraction of sp³-hybridized carbons (Fsp3) is 0.500. The lowest BCUT2D eigenvalue weighted by Crippen LogP contribution is -2.34. The number of rotatable bonds is 7. The molecule has 106 valence electrons. The van der Waals surface area contributed by atoms with Gasteiger partial charge in [-0.25, -0.2) is 0 Å². The molecule has 0 saturated carbocycles. The van der Waals surface area contributed by atoms with E-state index in [0.29, 0.717) is 18.1 Å². The van der Waals surface area contributed by atoms with E-state index in [1.54, 1.807) is 24.3 Å². The molecule has 5 heteroatoms. The summed E-state index contributed by atoms with van der Waals surface area (Å²) in [5, 5.41) is 12.3. The Labute approximate surface area is 122 Å². The molecule has 4 nitrogen and oxygen atoms in total. The third-order valence-electron chi connectivity index (χ3n) is 2.37. The van der Waals surface area contributed by atoms with Crippen LogP contribution in [0.25, 0.3) is 0 Å². The monoisotopic (exact) mass is 329 g/mol. The van der Waals surface area contributed by atoms with Crippen LogP contribution in [0.15, 0.2) is 28.7 Å². The van der Waals surface area contributed by atoms with E-state index in [1.165, 1.54) is 0 Å². The molecule has 2 N–H and O–H groups in total. The summed E-state index contributed by atoms with van der Waals surface area (Å²) in [5.74, 6) is 0.236. The van der Waals surface area contributed by atoms with Gasteiger partial charge in [0.05, 0.1) is 12.7 Å². The molecule has 19 heavy (non-hydrogen) atoms. The van der Waals surface area contributed by atoms with Gasteiger partial charge in [0.1, 0.15) is 0 Å². The van der Waals surface area contributed by atoms with Crippen molar-refractivity contribution >= 4 is 21.8 Å². The van der Waals surface area contributed by atoms with E-state index < -0.39 is 6.10 Å². The summed E-state index contributed by atoms with van der Waals surface area (Å²) in [6, 6.07) is 7.05. The zero-order chi connectivity index (χ0) is 14.3. The molecule has 0 aliphatic rings. The van der Waals surface area contributed by atoms with Gasteiger partial charge in [0.25, 0.3) is 5.91 Å². The number of ether oxygens (including phenoxy) is 1. The lowest BCUT2D eigenvalue weighted by molar-refractivity contribution is 0.0259. The van der Waals surface area contributed by atoms with Crippen molar-refractivity contribution in [1.82, 2.24) is 5.32 Å². The van der Waals surface area contributed by atoms with Gasteiger partial charge in [-0.05, 0) is 30.2 Å². The summed E-state index contributed by atoms with van der Waals surface area (Å²) >= 11 is 3.31. The molecule has 0 heterocycles. The predicted octanol–water partition coefficient (Wildman–Crippen LogP) is 2.21. The second-order valence-electron chi connectivity index (χ2n) is 4.80. The van der Waals surface area contributed by atoms with Crippen molar-refractivity contribution in [2.24, 2.45) is 5.92 Å². The number of aliphatic hydroxyl groups is 1. The topological polar surface area (TPSA) is 58.6 Å². The molecule has 0 fully saturated rings. The van der Waals surface area contributed by atoms with Crippen LogP contribution in [0.2, 0.25) is 0 Å². The fourth-order valence-electron chi connectivity index (χ4n) is 1.41. The zero-order valence-corrected chi connectivity index (χ0v) is 12.8. The standard InChI is InChI=1S/C14H20BrNO3/c1-10(2)8-19-9-13(17)7-16-14(18)11-3-5-12(15)6-4-11/h3-6,10,13,17H,7-9H2,1-2H3,(H,16,18). The first-order valence-corrected chi connectivity index (χ1v) is 7.08. The number of hydrogen-bond donors (Lipinski definition) is 2. The van der Waals surface area contributed by atoms with Crippen LogP contribution in [-0.2, 0) is 4.74 Å². The van der Waals surface area contributed by atoms with E-state index in [4.69, 9.17) is 4.74 Å². The minimum absolute atomic E-state index is 0.187. The lowest BCUT2D eigenvalue weighted by Gasteiger charge is -2.13. The van der Waals surface area contributed by atoms with Crippen molar-refractivity contribution in [2.45, 2.75) is 20.0 Å². The van der Waals surface area contributed by atoms with Crippen LogP contribution in [0.1, 0.15) is 24.2 Å². The fourth-order valence-corrected chi connectivity index (χ4v) is 1.68. The molecule has 0 aliphatic heterocycles. The quantitative estimate of drug-likeness (QED) is 0.806. The largest absolute Gasteiger partial charge is 0.389 e. The number of benzene rings is 1. The highest BCUT2D eigenvalue weighted by Crippen LogP contribution is 2.10. The van der Waals surface area contributed by atoms with Gasteiger partial charge in [0.15, 0.2) is 0 Å². The van der Waals surface area contributed by atoms with Gasteiger partial charge < -0.3 is 15.2 Å². The third-order valence-corrected chi connectivity index (χ3v) is 2.89. The average Bonchev–Trinajstić information content (AvgIpc) is 2.36. The van der Waals surface area contributed by atoms with Crippen LogP contribution in [0.3, 0.4) is 0 Å². The van der Waals surface area contributed by atoms with Gasteiger partial charge in [-0.3, -0.25) is 4.79 Å². The van der Waals surface area contributed by atoms with Crippen LogP contribution in [0.4, 0.5) is 0 Å². The Morgan fingerprint density at radius 1 is 1.32 bits per heavy atom. The number of hydrogen-bond acceptors (Lipinski definition) is 3. The smallest absolute Gasteiger partial charge is 0.251 e. The van der Waals surface area contributed by atoms with Gasteiger partial charge in [0.2, 0.25) is 0 Å². The molecule has 1 aromatic carbocycles. The van der Waals surface area contributed by atoms with Gasteiger partial charge in [-0.15, -0.1) is 0 Å². The Balaban J connectivity index is 2.27. The molecule has 0 aliphatic carbocycles. The molecule has 0 aromatic heterocycles. The maximum atomic E-state index is 11.8. The van der Waals surface area contributed by atoms with Crippen molar-refractivity contribution in [2.75, 3.05) is 19.8 Å². The Morgan fingerprint density at radius 2 is 1.95 bits per heavy atom. The van der Waals surface area contributed by atoms with Crippen LogP contribution in [-0.4, -0.2) is 36.9 Å². The van der Waals surface area contributed by atoms with E-state index >= 15 is 0 Å². The van der Waals surface area contributed by atoms with Crippen LogP contribution in [0, 0.1) is 5.92 Å². The van der Waals surface area contributed by atoms with Crippen LogP contribution < -0.4 is 5.32 Å². The van der Waals surface area contributed by atoms with Crippen molar-refractivity contribution in [3.8, 4) is 0 Å². The van der Waals surface area contributed by atoms with Crippen molar-refractivity contribution in [3.63, 3.8) is 0 Å². The summed E-state index contributed by atoms with van der Waals surface area (Å²) in [7, 11) is 0. The molecule has 0 radical (unpaired) electrons. The first-order valence-electron chi connectivity index (χ1n) is 6.28. The number of nitrogens with one attached hydrogen (secondary N) is 1. The number of aliphatic hydroxyl groups excluding tert-OH is 1. The molecular formula is C14H20BrNO3. The first-order chi connectivity index (χ1) is 8.99. The molecule has 0 bridgehead atoms. The van der Waals surface area contributed by atoms with E-state index in [-0.39, 0.29) is 19.1 Å². The van der Waals surface area contributed by atoms with E-state index in [0.717, 1.165) is 4.47 Å². The minimum atomic E-state index is -0.682. The highest BCUT2D eigenvalue weighted by Gasteiger charge is 2.09. The molecule has 0 spiro atoms. The normalized spacial score (nSPS) is 12.5. The van der Waals surface area contributed by atoms with Gasteiger partial charge >= 0.3 is 0 Å². The molecule has 1 atom stereocenters. The van der Waals surface area contributed by atoms with Crippen LogP contribution >= 0.6 is 15.9 Å². The highest BCUT2D eigenvalue weighted by atomic mass is 79.9. The number of carbonyl (C=O) groups is 1. The van der Waals surface area contributed by atoms with Crippen molar-refractivity contribution in [1.29, 1.82) is 0 Å². The molecule has 1 amide bonds. The van der Waals surface area contributed by atoms with Crippen molar-refractivity contribution < 1.29 is 14.6 Å². The minimum Gasteiger partial charge on any atom is -0.389 e. The Hall–Kier alpha value is -0.910. The van der Waals surface area contributed by atoms with Gasteiger partial charge in [-0.2, -0.15) is 0 Å². The second-order valence-corrected chi connectivity index (χ2v) is 5.72. The van der Waals surface area contributed by atoms with Crippen molar-refractivity contribution in [3.05, 3.63) is 34.3 Å². The Bertz CT molecular complexity index is 392. The number of carbonyl (C=O) groups excluding carboxylic acids is 1. The average molecular weight is 330 g/mol. The Kier molecular flexibility index (Phi) is 7.05. The molecule has 1 unspecified atom stereocenters. The number of halogens is 1. The van der Waals surface area contributed by atoms with E-state index in [1.807, 2.05) is 13.8 Å². The highest BCUT2D eigenvalue weighted by molar-refractivity contribution is 9.10. The van der Waals surface area contributed by atoms with Crippen LogP contribution in [0.5, 0.6) is 0 Å². The molecule has 1 rings (SSSR count). The van der Waals surface area contributed by atoms with E-state index in [9.17, 15) is 9.90 Å². The first kappa shape index (κ1) is 16.1. The van der Waals surface area contributed by atoms with Gasteiger partial charge in [-0.1, -0.05) is 29.8 Å². The summed E-state index contributed by atoms with van der Waals surface area (Å²) < 4.78 is 6.23. The number of amides is 1. The summed E-state index contributed by atoms with van der Waals surface area (Å²) in [6.07, 6.45) is -0.682. The lowest BCUT2D eigenvalue weighted by atomic mass is 10.2. The summed E-state index contributed by atoms with van der Waals surface area (Å²) in [5.41, 5.74) is 0.568. The SMILES string of the molecule is CC(C)COCC(O)CNC(=O)c1ccc(Br)cc1. The second kappa shape index (κ2) is 8.30. The van der Waals surface area contributed by atoms with E-state index in [2.05, 4.69) is 21.2 Å². The maximum absolute atomic E-state index is 11.8.